The van der Waals surface area contributed by atoms with Gasteiger partial charge in [0.25, 0.3) is 0 Å². The molecule has 3 heteroatoms. The highest BCUT2D eigenvalue weighted by Gasteiger charge is 2.12. The SMILES string of the molecule is COc1ccc(C(C)NCC(O)c2ccccc2C)cc1. The van der Waals surface area contributed by atoms with Crippen LogP contribution in [0.3, 0.4) is 0 Å². The van der Waals surface area contributed by atoms with E-state index < -0.39 is 6.10 Å². The molecule has 0 saturated carbocycles. The highest BCUT2D eigenvalue weighted by atomic mass is 16.5. The number of benzene rings is 2. The standard InChI is InChI=1S/C18H23NO2/c1-13-6-4-5-7-17(13)18(20)12-19-14(2)15-8-10-16(21-3)11-9-15/h4-11,14,18-20H,12H2,1-3H3. The molecule has 3 nitrogen and oxygen atoms in total. The molecule has 0 aliphatic rings. The predicted molar refractivity (Wildman–Crippen MR) is 85.6 cm³/mol. The van der Waals surface area contributed by atoms with Gasteiger partial charge in [-0.25, -0.2) is 0 Å². The van der Waals surface area contributed by atoms with E-state index in [-0.39, 0.29) is 6.04 Å². The lowest BCUT2D eigenvalue weighted by Gasteiger charge is -2.19. The van der Waals surface area contributed by atoms with Gasteiger partial charge in [0, 0.05) is 12.6 Å². The number of hydrogen-bond donors (Lipinski definition) is 2. The molecule has 2 rings (SSSR count). The fourth-order valence-corrected chi connectivity index (χ4v) is 2.37. The van der Waals surface area contributed by atoms with Gasteiger partial charge in [0.1, 0.15) is 5.75 Å². The van der Waals surface area contributed by atoms with E-state index in [2.05, 4.69) is 12.2 Å². The van der Waals surface area contributed by atoms with Crippen molar-refractivity contribution in [2.45, 2.75) is 26.0 Å². The lowest BCUT2D eigenvalue weighted by molar-refractivity contribution is 0.170. The van der Waals surface area contributed by atoms with Crippen LogP contribution in [0.4, 0.5) is 0 Å². The highest BCUT2D eigenvalue weighted by Crippen LogP contribution is 2.20. The zero-order chi connectivity index (χ0) is 15.2. The first-order valence-electron chi connectivity index (χ1n) is 7.22. The number of methoxy groups -OCH3 is 1. The summed E-state index contributed by atoms with van der Waals surface area (Å²) >= 11 is 0. The van der Waals surface area contributed by atoms with Gasteiger partial charge < -0.3 is 15.2 Å². The number of nitrogens with one attached hydrogen (secondary N) is 1. The Kier molecular flexibility index (Phi) is 5.37. The minimum Gasteiger partial charge on any atom is -0.497 e. The van der Waals surface area contributed by atoms with Crippen LogP contribution in [0.15, 0.2) is 48.5 Å². The minimum atomic E-state index is -0.494. The van der Waals surface area contributed by atoms with Gasteiger partial charge in [0.05, 0.1) is 13.2 Å². The zero-order valence-electron chi connectivity index (χ0n) is 12.8. The van der Waals surface area contributed by atoms with Crippen molar-refractivity contribution in [3.63, 3.8) is 0 Å². The third-order valence-electron chi connectivity index (χ3n) is 3.78. The summed E-state index contributed by atoms with van der Waals surface area (Å²) in [4.78, 5) is 0. The van der Waals surface area contributed by atoms with Gasteiger partial charge in [-0.05, 0) is 42.7 Å². The Morgan fingerprint density at radius 3 is 2.38 bits per heavy atom. The number of ether oxygens (including phenoxy) is 1. The molecule has 0 saturated heterocycles. The van der Waals surface area contributed by atoms with Crippen molar-refractivity contribution < 1.29 is 9.84 Å². The summed E-state index contributed by atoms with van der Waals surface area (Å²) in [5.41, 5.74) is 3.27. The van der Waals surface area contributed by atoms with E-state index in [1.807, 2.05) is 55.5 Å². The van der Waals surface area contributed by atoms with Gasteiger partial charge in [-0.1, -0.05) is 36.4 Å². The number of aliphatic hydroxyl groups is 1. The van der Waals surface area contributed by atoms with Gasteiger partial charge in [-0.3, -0.25) is 0 Å². The molecule has 0 amide bonds. The van der Waals surface area contributed by atoms with Crippen LogP contribution < -0.4 is 10.1 Å². The van der Waals surface area contributed by atoms with E-state index in [9.17, 15) is 5.11 Å². The van der Waals surface area contributed by atoms with Crippen molar-refractivity contribution in [2.75, 3.05) is 13.7 Å². The molecular weight excluding hydrogens is 262 g/mol. The van der Waals surface area contributed by atoms with E-state index in [0.717, 1.165) is 16.9 Å². The number of aliphatic hydroxyl groups excluding tert-OH is 1. The fraction of sp³-hybridized carbons (Fsp3) is 0.333. The maximum atomic E-state index is 10.3. The van der Waals surface area contributed by atoms with Crippen LogP contribution in [0.5, 0.6) is 5.75 Å². The second kappa shape index (κ2) is 7.25. The molecule has 112 valence electrons. The molecule has 2 aromatic rings. The average molecular weight is 285 g/mol. The van der Waals surface area contributed by atoms with E-state index in [0.29, 0.717) is 6.54 Å². The smallest absolute Gasteiger partial charge is 0.118 e. The van der Waals surface area contributed by atoms with Crippen molar-refractivity contribution >= 4 is 0 Å². The molecule has 0 radical (unpaired) electrons. The van der Waals surface area contributed by atoms with Crippen LogP contribution in [0.25, 0.3) is 0 Å². The van der Waals surface area contributed by atoms with Crippen LogP contribution in [-0.4, -0.2) is 18.8 Å². The summed E-state index contributed by atoms with van der Waals surface area (Å²) in [6.45, 7) is 4.63. The van der Waals surface area contributed by atoms with Crippen LogP contribution >= 0.6 is 0 Å². The van der Waals surface area contributed by atoms with E-state index >= 15 is 0 Å². The normalized spacial score (nSPS) is 13.7. The predicted octanol–water partition coefficient (Wildman–Crippen LogP) is 3.39. The Bertz CT molecular complexity index is 566. The number of rotatable bonds is 6. The maximum absolute atomic E-state index is 10.3. The van der Waals surface area contributed by atoms with E-state index in [1.165, 1.54) is 5.56 Å². The Labute approximate surface area is 126 Å². The molecule has 0 bridgehead atoms. The first kappa shape index (κ1) is 15.5. The molecule has 0 spiro atoms. The van der Waals surface area contributed by atoms with Crippen molar-refractivity contribution in [1.82, 2.24) is 5.32 Å². The third-order valence-corrected chi connectivity index (χ3v) is 3.78. The molecule has 21 heavy (non-hydrogen) atoms. The van der Waals surface area contributed by atoms with Gasteiger partial charge in [0.2, 0.25) is 0 Å². The van der Waals surface area contributed by atoms with Crippen molar-refractivity contribution in [3.8, 4) is 5.75 Å². The average Bonchev–Trinajstić information content (AvgIpc) is 2.52. The molecule has 0 aromatic heterocycles. The Hall–Kier alpha value is -1.84. The van der Waals surface area contributed by atoms with Crippen LogP contribution in [0.2, 0.25) is 0 Å². The number of hydrogen-bond acceptors (Lipinski definition) is 3. The Morgan fingerprint density at radius 1 is 1.10 bits per heavy atom. The lowest BCUT2D eigenvalue weighted by atomic mass is 10.0. The molecule has 2 N–H and O–H groups in total. The van der Waals surface area contributed by atoms with Crippen molar-refractivity contribution in [2.24, 2.45) is 0 Å². The van der Waals surface area contributed by atoms with E-state index in [4.69, 9.17) is 4.74 Å². The summed E-state index contributed by atoms with van der Waals surface area (Å²) in [5.74, 6) is 0.853. The van der Waals surface area contributed by atoms with E-state index in [1.54, 1.807) is 7.11 Å². The Morgan fingerprint density at radius 2 is 1.76 bits per heavy atom. The molecule has 0 aliphatic heterocycles. The topological polar surface area (TPSA) is 41.5 Å². The van der Waals surface area contributed by atoms with Gasteiger partial charge in [-0.15, -0.1) is 0 Å². The quantitative estimate of drug-likeness (QED) is 0.855. The maximum Gasteiger partial charge on any atom is 0.118 e. The van der Waals surface area contributed by atoms with Gasteiger partial charge >= 0.3 is 0 Å². The molecule has 0 fully saturated rings. The molecule has 2 aromatic carbocycles. The number of aryl methyl sites for hydroxylation is 1. The first-order chi connectivity index (χ1) is 10.1. The third kappa shape index (κ3) is 4.06. The first-order valence-corrected chi connectivity index (χ1v) is 7.22. The molecule has 2 unspecified atom stereocenters. The summed E-state index contributed by atoms with van der Waals surface area (Å²) in [6.07, 6.45) is -0.494. The second-order valence-electron chi connectivity index (χ2n) is 5.28. The lowest BCUT2D eigenvalue weighted by Crippen LogP contribution is -2.25. The highest BCUT2D eigenvalue weighted by molar-refractivity contribution is 5.29. The second-order valence-corrected chi connectivity index (χ2v) is 5.28. The monoisotopic (exact) mass is 285 g/mol. The fourth-order valence-electron chi connectivity index (χ4n) is 2.37. The molecule has 2 atom stereocenters. The van der Waals surface area contributed by atoms with Crippen molar-refractivity contribution in [3.05, 3.63) is 65.2 Å². The van der Waals surface area contributed by atoms with Gasteiger partial charge in [0.15, 0.2) is 0 Å². The Balaban J connectivity index is 1.94. The molecule has 0 aliphatic carbocycles. The summed E-state index contributed by atoms with van der Waals surface area (Å²) in [7, 11) is 1.66. The van der Waals surface area contributed by atoms with Crippen LogP contribution in [-0.2, 0) is 0 Å². The summed E-state index contributed by atoms with van der Waals surface area (Å²) < 4.78 is 5.16. The van der Waals surface area contributed by atoms with Gasteiger partial charge in [-0.2, -0.15) is 0 Å². The zero-order valence-corrected chi connectivity index (χ0v) is 12.8. The summed E-state index contributed by atoms with van der Waals surface area (Å²) in [5, 5.41) is 13.7. The molecule has 0 heterocycles. The minimum absolute atomic E-state index is 0.176. The largest absolute Gasteiger partial charge is 0.497 e. The molecular formula is C18H23NO2. The van der Waals surface area contributed by atoms with Crippen LogP contribution in [0, 0.1) is 6.92 Å². The van der Waals surface area contributed by atoms with Crippen LogP contribution in [0.1, 0.15) is 35.8 Å². The van der Waals surface area contributed by atoms with Crippen molar-refractivity contribution in [1.29, 1.82) is 0 Å². The summed E-state index contributed by atoms with van der Waals surface area (Å²) in [6, 6.07) is 16.1.